The van der Waals surface area contributed by atoms with Gasteiger partial charge in [0, 0.05) is 5.69 Å². The van der Waals surface area contributed by atoms with E-state index in [4.69, 9.17) is 0 Å². The minimum Gasteiger partial charge on any atom is -0.481 e. The zero-order valence-electron chi connectivity index (χ0n) is 14.5. The molecule has 25 heavy (non-hydrogen) atoms. The van der Waals surface area contributed by atoms with Crippen LogP contribution in [0.5, 0.6) is 0 Å². The molecule has 0 saturated heterocycles. The Balaban J connectivity index is 2.14. The number of rotatable bonds is 6. The predicted molar refractivity (Wildman–Crippen MR) is 95.2 cm³/mol. The molecule has 2 aromatic rings. The van der Waals surface area contributed by atoms with E-state index in [1.54, 1.807) is 50.2 Å². The standard InChI is InChI=1S/C20H22FNO3/c1-4-17(13-5-9-15(21)10-6-13)18(23)22-16-11-7-14(8-12-16)20(2,3)19(24)25/h5-12,17H,4H2,1-3H3,(H,22,23)(H,24,25). The molecule has 2 N–H and O–H groups in total. The molecule has 0 spiro atoms. The minimum atomic E-state index is -0.997. The van der Waals surface area contributed by atoms with Crippen molar-refractivity contribution in [3.63, 3.8) is 0 Å². The van der Waals surface area contributed by atoms with Crippen LogP contribution in [0.2, 0.25) is 0 Å². The van der Waals surface area contributed by atoms with Crippen molar-refractivity contribution < 1.29 is 19.1 Å². The Bertz CT molecular complexity index is 752. The number of carboxylic acid groups (broad SMARTS) is 1. The SMILES string of the molecule is CCC(C(=O)Nc1ccc(C(C)(C)C(=O)O)cc1)c1ccc(F)cc1. The summed E-state index contributed by atoms with van der Waals surface area (Å²) in [5.74, 6) is -1.81. The maximum Gasteiger partial charge on any atom is 0.313 e. The van der Waals surface area contributed by atoms with Gasteiger partial charge < -0.3 is 10.4 Å². The first kappa shape index (κ1) is 18.6. The van der Waals surface area contributed by atoms with Crippen LogP contribution >= 0.6 is 0 Å². The van der Waals surface area contributed by atoms with Gasteiger partial charge in [0.05, 0.1) is 11.3 Å². The second-order valence-electron chi connectivity index (χ2n) is 6.51. The molecule has 132 valence electrons. The number of nitrogens with one attached hydrogen (secondary N) is 1. The summed E-state index contributed by atoms with van der Waals surface area (Å²) in [6.45, 7) is 5.15. The number of anilines is 1. The number of benzene rings is 2. The maximum atomic E-state index is 13.1. The fraction of sp³-hybridized carbons (Fsp3) is 0.300. The topological polar surface area (TPSA) is 66.4 Å². The summed E-state index contributed by atoms with van der Waals surface area (Å²) in [6, 6.07) is 12.7. The van der Waals surface area contributed by atoms with E-state index in [0.29, 0.717) is 17.7 Å². The molecule has 0 aliphatic carbocycles. The molecule has 0 fully saturated rings. The third-order valence-corrected chi connectivity index (χ3v) is 4.41. The van der Waals surface area contributed by atoms with Gasteiger partial charge in [0.15, 0.2) is 0 Å². The van der Waals surface area contributed by atoms with Crippen LogP contribution in [0.4, 0.5) is 10.1 Å². The molecule has 0 heterocycles. The van der Waals surface area contributed by atoms with Crippen LogP contribution in [0.3, 0.4) is 0 Å². The molecule has 2 rings (SSSR count). The van der Waals surface area contributed by atoms with Gasteiger partial charge in [0.2, 0.25) is 5.91 Å². The molecule has 0 aliphatic rings. The molecule has 2 aromatic carbocycles. The van der Waals surface area contributed by atoms with Crippen molar-refractivity contribution in [2.45, 2.75) is 38.5 Å². The summed E-state index contributed by atoms with van der Waals surface area (Å²) in [4.78, 5) is 23.8. The van der Waals surface area contributed by atoms with Crippen LogP contribution < -0.4 is 5.32 Å². The Morgan fingerprint density at radius 1 is 1.08 bits per heavy atom. The number of amides is 1. The van der Waals surface area contributed by atoms with Crippen molar-refractivity contribution in [3.05, 3.63) is 65.5 Å². The Labute approximate surface area is 146 Å². The first-order valence-electron chi connectivity index (χ1n) is 8.16. The van der Waals surface area contributed by atoms with Crippen molar-refractivity contribution in [2.24, 2.45) is 0 Å². The Kier molecular flexibility index (Phi) is 5.57. The number of carbonyl (C=O) groups is 2. The van der Waals surface area contributed by atoms with E-state index < -0.39 is 11.4 Å². The van der Waals surface area contributed by atoms with E-state index in [0.717, 1.165) is 5.56 Å². The van der Waals surface area contributed by atoms with Gasteiger partial charge in [-0.05, 0) is 55.7 Å². The van der Waals surface area contributed by atoms with Gasteiger partial charge in [-0.2, -0.15) is 0 Å². The molecule has 0 aromatic heterocycles. The van der Waals surface area contributed by atoms with E-state index in [9.17, 15) is 19.1 Å². The van der Waals surface area contributed by atoms with E-state index in [1.165, 1.54) is 12.1 Å². The number of aliphatic carboxylic acids is 1. The smallest absolute Gasteiger partial charge is 0.313 e. The molecule has 0 aliphatic heterocycles. The van der Waals surface area contributed by atoms with Gasteiger partial charge in [-0.15, -0.1) is 0 Å². The maximum absolute atomic E-state index is 13.1. The summed E-state index contributed by atoms with van der Waals surface area (Å²) < 4.78 is 13.1. The van der Waals surface area contributed by atoms with E-state index >= 15 is 0 Å². The Morgan fingerprint density at radius 2 is 1.64 bits per heavy atom. The summed E-state index contributed by atoms with van der Waals surface area (Å²) in [5, 5.41) is 12.1. The van der Waals surface area contributed by atoms with Crippen LogP contribution in [0.15, 0.2) is 48.5 Å². The fourth-order valence-corrected chi connectivity index (χ4v) is 2.59. The second-order valence-corrected chi connectivity index (χ2v) is 6.51. The van der Waals surface area contributed by atoms with E-state index in [-0.39, 0.29) is 17.6 Å². The lowest BCUT2D eigenvalue weighted by molar-refractivity contribution is -0.142. The lowest BCUT2D eigenvalue weighted by Gasteiger charge is -2.20. The highest BCUT2D eigenvalue weighted by molar-refractivity contribution is 5.95. The largest absolute Gasteiger partial charge is 0.481 e. The van der Waals surface area contributed by atoms with Gasteiger partial charge in [0.1, 0.15) is 5.82 Å². The molecule has 4 nitrogen and oxygen atoms in total. The molecule has 5 heteroatoms. The van der Waals surface area contributed by atoms with Gasteiger partial charge in [-0.3, -0.25) is 9.59 Å². The molecule has 1 unspecified atom stereocenters. The van der Waals surface area contributed by atoms with Crippen LogP contribution in [0, 0.1) is 5.82 Å². The monoisotopic (exact) mass is 343 g/mol. The molecule has 0 saturated carbocycles. The highest BCUT2D eigenvalue weighted by Gasteiger charge is 2.29. The molecular formula is C20H22FNO3. The van der Waals surface area contributed by atoms with E-state index in [2.05, 4.69) is 5.32 Å². The number of carbonyl (C=O) groups excluding carboxylic acids is 1. The highest BCUT2D eigenvalue weighted by Crippen LogP contribution is 2.26. The van der Waals surface area contributed by atoms with Crippen molar-refractivity contribution in [2.75, 3.05) is 5.32 Å². The zero-order valence-corrected chi connectivity index (χ0v) is 14.5. The Morgan fingerprint density at radius 3 is 2.12 bits per heavy atom. The quantitative estimate of drug-likeness (QED) is 0.821. The zero-order chi connectivity index (χ0) is 18.6. The van der Waals surface area contributed by atoms with E-state index in [1.807, 2.05) is 6.92 Å². The summed E-state index contributed by atoms with van der Waals surface area (Å²) >= 11 is 0. The number of hydrogen-bond acceptors (Lipinski definition) is 2. The highest BCUT2D eigenvalue weighted by atomic mass is 19.1. The van der Waals surface area contributed by atoms with Crippen molar-refractivity contribution >= 4 is 17.6 Å². The third-order valence-electron chi connectivity index (χ3n) is 4.41. The second kappa shape index (κ2) is 7.47. The molecular weight excluding hydrogens is 321 g/mol. The summed E-state index contributed by atoms with van der Waals surface area (Å²) in [6.07, 6.45) is 0.585. The average Bonchev–Trinajstić information content (AvgIpc) is 2.57. The Hall–Kier alpha value is -2.69. The lowest BCUT2D eigenvalue weighted by Crippen LogP contribution is -2.28. The fourth-order valence-electron chi connectivity index (χ4n) is 2.59. The van der Waals surface area contributed by atoms with Gasteiger partial charge >= 0.3 is 5.97 Å². The molecule has 0 bridgehead atoms. The van der Waals surface area contributed by atoms with Crippen LogP contribution in [0.25, 0.3) is 0 Å². The van der Waals surface area contributed by atoms with Crippen LogP contribution in [-0.4, -0.2) is 17.0 Å². The first-order valence-corrected chi connectivity index (χ1v) is 8.16. The van der Waals surface area contributed by atoms with Gasteiger partial charge in [0.25, 0.3) is 0 Å². The number of carboxylic acids is 1. The summed E-state index contributed by atoms with van der Waals surface area (Å²) in [5.41, 5.74) is 1.01. The molecule has 0 radical (unpaired) electrons. The van der Waals surface area contributed by atoms with Crippen molar-refractivity contribution in [3.8, 4) is 0 Å². The molecule has 1 amide bonds. The predicted octanol–water partition coefficient (Wildman–Crippen LogP) is 4.32. The van der Waals surface area contributed by atoms with Crippen molar-refractivity contribution in [1.82, 2.24) is 0 Å². The molecule has 1 atom stereocenters. The van der Waals surface area contributed by atoms with Crippen LogP contribution in [0.1, 0.15) is 44.2 Å². The number of hydrogen-bond donors (Lipinski definition) is 2. The summed E-state index contributed by atoms with van der Waals surface area (Å²) in [7, 11) is 0. The first-order chi connectivity index (χ1) is 11.8. The number of halogens is 1. The minimum absolute atomic E-state index is 0.181. The normalized spacial score (nSPS) is 12.5. The van der Waals surface area contributed by atoms with Gasteiger partial charge in [-0.25, -0.2) is 4.39 Å². The third kappa shape index (κ3) is 4.24. The lowest BCUT2D eigenvalue weighted by atomic mass is 9.85. The van der Waals surface area contributed by atoms with Crippen molar-refractivity contribution in [1.29, 1.82) is 0 Å². The average molecular weight is 343 g/mol. The van der Waals surface area contributed by atoms with Crippen LogP contribution in [-0.2, 0) is 15.0 Å². The van der Waals surface area contributed by atoms with Gasteiger partial charge in [-0.1, -0.05) is 31.2 Å².